The molecule has 1 aliphatic heterocycles. The van der Waals surface area contributed by atoms with Gasteiger partial charge in [0.05, 0.1) is 5.92 Å². The SMILES string of the molecule is Cc1cc(N2C[C@@H](C(=O)Cl)CC2=O)cc(C)c1Br. The number of halogens is 2. The molecule has 0 aliphatic carbocycles. The van der Waals surface area contributed by atoms with Gasteiger partial charge in [-0.05, 0) is 48.7 Å². The van der Waals surface area contributed by atoms with Crippen LogP contribution in [0, 0.1) is 19.8 Å². The van der Waals surface area contributed by atoms with Crippen molar-refractivity contribution >= 4 is 44.4 Å². The van der Waals surface area contributed by atoms with Crippen molar-refractivity contribution in [1.82, 2.24) is 0 Å². The third-order valence-corrected chi connectivity index (χ3v) is 4.74. The van der Waals surface area contributed by atoms with Gasteiger partial charge in [0, 0.05) is 23.1 Å². The number of hydrogen-bond donors (Lipinski definition) is 0. The Kier molecular flexibility index (Phi) is 3.78. The molecule has 0 aromatic heterocycles. The van der Waals surface area contributed by atoms with E-state index in [2.05, 4.69) is 15.9 Å². The van der Waals surface area contributed by atoms with Gasteiger partial charge in [0.15, 0.2) is 0 Å². The minimum atomic E-state index is -0.434. The molecule has 0 unspecified atom stereocenters. The Morgan fingerprint density at radius 1 is 1.39 bits per heavy atom. The first-order chi connectivity index (χ1) is 8.40. The molecule has 0 saturated carbocycles. The van der Waals surface area contributed by atoms with Gasteiger partial charge in [-0.1, -0.05) is 15.9 Å². The maximum absolute atomic E-state index is 11.9. The average molecular weight is 331 g/mol. The monoisotopic (exact) mass is 329 g/mol. The lowest BCUT2D eigenvalue weighted by atomic mass is 10.1. The van der Waals surface area contributed by atoms with Crippen LogP contribution in [-0.4, -0.2) is 17.7 Å². The Labute approximate surface area is 119 Å². The van der Waals surface area contributed by atoms with Crippen LogP contribution in [0.25, 0.3) is 0 Å². The lowest BCUT2D eigenvalue weighted by Gasteiger charge is -2.18. The van der Waals surface area contributed by atoms with Crippen molar-refractivity contribution < 1.29 is 9.59 Å². The normalized spacial score (nSPS) is 19.4. The topological polar surface area (TPSA) is 37.4 Å². The van der Waals surface area contributed by atoms with Crippen LogP contribution >= 0.6 is 27.5 Å². The molecular formula is C13H13BrClNO2. The highest BCUT2D eigenvalue weighted by Gasteiger charge is 2.34. The molecule has 1 aromatic carbocycles. The fraction of sp³-hybridized carbons (Fsp3) is 0.385. The average Bonchev–Trinajstić information content (AvgIpc) is 2.68. The number of rotatable bonds is 2. The Morgan fingerprint density at radius 2 is 1.94 bits per heavy atom. The van der Waals surface area contributed by atoms with Crippen molar-refractivity contribution in [3.8, 4) is 0 Å². The van der Waals surface area contributed by atoms with Crippen LogP contribution < -0.4 is 4.90 Å². The summed E-state index contributed by atoms with van der Waals surface area (Å²) in [6.07, 6.45) is 0.205. The molecule has 1 fully saturated rings. The van der Waals surface area contributed by atoms with Crippen molar-refractivity contribution in [3.05, 3.63) is 27.7 Å². The molecule has 1 amide bonds. The largest absolute Gasteiger partial charge is 0.312 e. The minimum Gasteiger partial charge on any atom is -0.312 e. The Balaban J connectivity index is 2.33. The summed E-state index contributed by atoms with van der Waals surface area (Å²) >= 11 is 8.96. The summed E-state index contributed by atoms with van der Waals surface area (Å²) in [7, 11) is 0. The lowest BCUT2D eigenvalue weighted by Crippen LogP contribution is -2.25. The summed E-state index contributed by atoms with van der Waals surface area (Å²) in [5.41, 5.74) is 2.97. The van der Waals surface area contributed by atoms with E-state index in [1.54, 1.807) is 4.90 Å². The van der Waals surface area contributed by atoms with E-state index in [0.717, 1.165) is 21.3 Å². The van der Waals surface area contributed by atoms with Crippen LogP contribution in [0.15, 0.2) is 16.6 Å². The molecule has 96 valence electrons. The smallest absolute Gasteiger partial charge is 0.227 e. The number of carbonyl (C=O) groups is 2. The van der Waals surface area contributed by atoms with Crippen LogP contribution in [0.5, 0.6) is 0 Å². The number of carbonyl (C=O) groups excluding carboxylic acids is 2. The highest BCUT2D eigenvalue weighted by Crippen LogP contribution is 2.31. The molecule has 2 rings (SSSR count). The molecule has 3 nitrogen and oxygen atoms in total. The third kappa shape index (κ3) is 2.45. The zero-order chi connectivity index (χ0) is 13.4. The second kappa shape index (κ2) is 5.02. The Hall–Kier alpha value is -0.870. The van der Waals surface area contributed by atoms with Gasteiger partial charge in [0.2, 0.25) is 11.1 Å². The fourth-order valence-corrected chi connectivity index (χ4v) is 2.56. The van der Waals surface area contributed by atoms with E-state index in [1.165, 1.54) is 0 Å². The fourth-order valence-electron chi connectivity index (χ4n) is 2.19. The van der Waals surface area contributed by atoms with Gasteiger partial charge in [-0.15, -0.1) is 0 Å². The lowest BCUT2D eigenvalue weighted by molar-refractivity contribution is -0.120. The van der Waals surface area contributed by atoms with Gasteiger partial charge in [-0.25, -0.2) is 0 Å². The van der Waals surface area contributed by atoms with Gasteiger partial charge in [-0.3, -0.25) is 9.59 Å². The molecule has 0 bridgehead atoms. The van der Waals surface area contributed by atoms with E-state index in [1.807, 2.05) is 26.0 Å². The second-order valence-electron chi connectivity index (χ2n) is 4.60. The first-order valence-electron chi connectivity index (χ1n) is 5.66. The van der Waals surface area contributed by atoms with Crippen molar-refractivity contribution in [2.24, 2.45) is 5.92 Å². The van der Waals surface area contributed by atoms with Gasteiger partial charge in [0.1, 0.15) is 0 Å². The number of benzene rings is 1. The molecule has 1 aromatic rings. The molecule has 0 radical (unpaired) electrons. The van der Waals surface area contributed by atoms with Crippen LogP contribution in [0.4, 0.5) is 5.69 Å². The van der Waals surface area contributed by atoms with Crippen LogP contribution in [0.1, 0.15) is 17.5 Å². The summed E-state index contributed by atoms with van der Waals surface area (Å²) in [4.78, 5) is 24.7. The molecule has 5 heteroatoms. The van der Waals surface area contributed by atoms with Crippen molar-refractivity contribution in [2.45, 2.75) is 20.3 Å². The second-order valence-corrected chi connectivity index (χ2v) is 5.77. The van der Waals surface area contributed by atoms with Gasteiger partial charge < -0.3 is 4.90 Å². The quantitative estimate of drug-likeness (QED) is 0.781. The van der Waals surface area contributed by atoms with Crippen molar-refractivity contribution in [2.75, 3.05) is 11.4 Å². The minimum absolute atomic E-state index is 0.0462. The standard InChI is InChI=1S/C13H13BrClNO2/c1-7-3-10(4-8(2)12(7)14)16-6-9(13(15)18)5-11(16)17/h3-4,9H,5-6H2,1-2H3/t9-/m0/s1. The predicted molar refractivity (Wildman–Crippen MR) is 74.9 cm³/mol. The van der Waals surface area contributed by atoms with Crippen LogP contribution in [0.2, 0.25) is 0 Å². The summed E-state index contributed by atoms with van der Waals surface area (Å²) in [6, 6.07) is 3.88. The van der Waals surface area contributed by atoms with E-state index in [9.17, 15) is 9.59 Å². The number of amides is 1. The zero-order valence-corrected chi connectivity index (χ0v) is 12.5. The maximum Gasteiger partial charge on any atom is 0.227 e. The van der Waals surface area contributed by atoms with E-state index >= 15 is 0 Å². The molecular weight excluding hydrogens is 318 g/mol. The summed E-state index contributed by atoms with van der Waals surface area (Å²) < 4.78 is 1.04. The molecule has 1 saturated heterocycles. The van der Waals surface area contributed by atoms with Crippen LogP contribution in [0.3, 0.4) is 0 Å². The Bertz CT molecular complexity index is 507. The first kappa shape index (κ1) is 13.6. The highest BCUT2D eigenvalue weighted by molar-refractivity contribution is 9.10. The highest BCUT2D eigenvalue weighted by atomic mass is 79.9. The van der Waals surface area contributed by atoms with E-state index in [4.69, 9.17) is 11.6 Å². The van der Waals surface area contributed by atoms with Gasteiger partial charge in [-0.2, -0.15) is 0 Å². The zero-order valence-electron chi connectivity index (χ0n) is 10.2. The number of aryl methyl sites for hydroxylation is 2. The number of nitrogens with zero attached hydrogens (tertiary/aromatic N) is 1. The van der Waals surface area contributed by atoms with E-state index in [-0.39, 0.29) is 18.2 Å². The van der Waals surface area contributed by atoms with E-state index in [0.29, 0.717) is 6.54 Å². The third-order valence-electron chi connectivity index (χ3n) is 3.18. The summed E-state index contributed by atoms with van der Waals surface area (Å²) in [5.74, 6) is -0.432. The molecule has 1 aliphatic rings. The van der Waals surface area contributed by atoms with Gasteiger partial charge >= 0.3 is 0 Å². The molecule has 0 N–H and O–H groups in total. The number of anilines is 1. The summed E-state index contributed by atoms with van der Waals surface area (Å²) in [6.45, 7) is 4.33. The van der Waals surface area contributed by atoms with E-state index < -0.39 is 5.24 Å². The van der Waals surface area contributed by atoms with Crippen molar-refractivity contribution in [3.63, 3.8) is 0 Å². The molecule has 1 heterocycles. The first-order valence-corrected chi connectivity index (χ1v) is 6.83. The Morgan fingerprint density at radius 3 is 2.39 bits per heavy atom. The molecule has 18 heavy (non-hydrogen) atoms. The predicted octanol–water partition coefficient (Wildman–Crippen LogP) is 3.18. The molecule has 1 atom stereocenters. The maximum atomic E-state index is 11.9. The van der Waals surface area contributed by atoms with Crippen LogP contribution in [-0.2, 0) is 9.59 Å². The van der Waals surface area contributed by atoms with Crippen molar-refractivity contribution in [1.29, 1.82) is 0 Å². The van der Waals surface area contributed by atoms with Gasteiger partial charge in [0.25, 0.3) is 0 Å². The number of hydrogen-bond acceptors (Lipinski definition) is 2. The summed E-state index contributed by atoms with van der Waals surface area (Å²) in [5, 5.41) is -0.434. The molecule has 0 spiro atoms.